The highest BCUT2D eigenvalue weighted by atomic mass is 16.1. The van der Waals surface area contributed by atoms with Crippen molar-refractivity contribution < 1.29 is 4.79 Å². The van der Waals surface area contributed by atoms with Crippen molar-refractivity contribution in [1.29, 1.82) is 0 Å². The molecule has 112 valence electrons. The summed E-state index contributed by atoms with van der Waals surface area (Å²) >= 11 is 0. The zero-order chi connectivity index (χ0) is 14.2. The second-order valence-corrected chi connectivity index (χ2v) is 7.67. The van der Waals surface area contributed by atoms with E-state index in [-0.39, 0.29) is 0 Å². The largest absolute Gasteiger partial charge is 0.300 e. The molecule has 4 unspecified atom stereocenters. The van der Waals surface area contributed by atoms with Gasteiger partial charge in [0.15, 0.2) is 0 Å². The minimum absolute atomic E-state index is 0.501. The van der Waals surface area contributed by atoms with Crippen LogP contribution in [0.4, 0.5) is 0 Å². The molecule has 0 N–H and O–H groups in total. The lowest BCUT2D eigenvalue weighted by Crippen LogP contribution is -2.18. The van der Waals surface area contributed by atoms with Crippen LogP contribution in [0, 0.1) is 17.8 Å². The Morgan fingerprint density at radius 3 is 2.76 bits per heavy atom. The Kier molecular flexibility index (Phi) is 3.61. The molecule has 1 aromatic carbocycles. The van der Waals surface area contributed by atoms with Crippen molar-refractivity contribution in [2.24, 2.45) is 17.8 Å². The number of Topliss-reactive ketones (excluding diaryl/α,β-unsaturated/α-hetero) is 1. The van der Waals surface area contributed by atoms with Crippen LogP contribution in [0.25, 0.3) is 0 Å². The van der Waals surface area contributed by atoms with Crippen molar-refractivity contribution in [3.05, 3.63) is 35.4 Å². The topological polar surface area (TPSA) is 17.1 Å². The fourth-order valence-electron chi connectivity index (χ4n) is 5.34. The molecular formula is C20H26O. The van der Waals surface area contributed by atoms with Gasteiger partial charge in [0.2, 0.25) is 0 Å². The first-order chi connectivity index (χ1) is 10.3. The molecule has 3 aliphatic rings. The molecule has 2 saturated carbocycles. The molecule has 0 amide bonds. The Balaban J connectivity index is 1.39. The lowest BCUT2D eigenvalue weighted by Gasteiger charge is -2.26. The van der Waals surface area contributed by atoms with Gasteiger partial charge in [-0.1, -0.05) is 30.7 Å². The molecule has 0 aromatic heterocycles. The molecule has 0 spiro atoms. The van der Waals surface area contributed by atoms with E-state index in [1.165, 1.54) is 56.1 Å². The highest BCUT2D eigenvalue weighted by Gasteiger charge is 2.40. The van der Waals surface area contributed by atoms with Crippen LogP contribution < -0.4 is 0 Å². The number of carbonyl (C=O) groups is 1. The van der Waals surface area contributed by atoms with Crippen LogP contribution in [0.15, 0.2) is 24.3 Å². The number of rotatable bonds is 4. The van der Waals surface area contributed by atoms with Crippen molar-refractivity contribution in [3.8, 4) is 0 Å². The van der Waals surface area contributed by atoms with E-state index in [0.717, 1.165) is 30.6 Å². The Hall–Kier alpha value is -1.11. The van der Waals surface area contributed by atoms with Gasteiger partial charge in [-0.15, -0.1) is 0 Å². The Morgan fingerprint density at radius 1 is 1.05 bits per heavy atom. The van der Waals surface area contributed by atoms with Crippen molar-refractivity contribution >= 4 is 5.78 Å². The van der Waals surface area contributed by atoms with Crippen molar-refractivity contribution in [1.82, 2.24) is 0 Å². The van der Waals surface area contributed by atoms with Gasteiger partial charge in [-0.05, 0) is 73.3 Å². The number of carbonyl (C=O) groups excluding carboxylic acids is 1. The van der Waals surface area contributed by atoms with E-state index >= 15 is 0 Å². The highest BCUT2D eigenvalue weighted by molar-refractivity contribution is 5.79. The summed E-state index contributed by atoms with van der Waals surface area (Å²) in [6, 6.07) is 8.78. The van der Waals surface area contributed by atoms with Crippen LogP contribution in [0.1, 0.15) is 68.4 Å². The van der Waals surface area contributed by atoms with E-state index in [1.807, 2.05) is 0 Å². The van der Waals surface area contributed by atoms with Gasteiger partial charge in [0.05, 0.1) is 0 Å². The van der Waals surface area contributed by atoms with Crippen molar-refractivity contribution in [2.75, 3.05) is 0 Å². The zero-order valence-electron chi connectivity index (χ0n) is 12.9. The van der Waals surface area contributed by atoms with Crippen LogP contribution in [0.5, 0.6) is 0 Å². The molecule has 2 fully saturated rings. The number of benzene rings is 1. The van der Waals surface area contributed by atoms with Crippen molar-refractivity contribution in [2.45, 2.75) is 63.7 Å². The van der Waals surface area contributed by atoms with E-state index in [1.54, 1.807) is 0 Å². The van der Waals surface area contributed by atoms with Gasteiger partial charge in [-0.3, -0.25) is 4.79 Å². The molecule has 0 radical (unpaired) electrons. The first kappa shape index (κ1) is 13.5. The Bertz CT molecular complexity index is 532. The lowest BCUT2D eigenvalue weighted by molar-refractivity contribution is -0.120. The van der Waals surface area contributed by atoms with Gasteiger partial charge in [-0.25, -0.2) is 0 Å². The van der Waals surface area contributed by atoms with E-state index < -0.39 is 0 Å². The first-order valence-corrected chi connectivity index (χ1v) is 8.89. The second kappa shape index (κ2) is 5.59. The molecule has 2 bridgehead atoms. The normalized spacial score (nSPS) is 33.9. The molecule has 1 heteroatoms. The third-order valence-corrected chi connectivity index (χ3v) is 6.34. The quantitative estimate of drug-likeness (QED) is 0.768. The van der Waals surface area contributed by atoms with Gasteiger partial charge in [0.1, 0.15) is 5.78 Å². The fourth-order valence-corrected chi connectivity index (χ4v) is 5.34. The molecule has 0 heterocycles. The van der Waals surface area contributed by atoms with E-state index in [0.29, 0.717) is 11.7 Å². The molecule has 4 rings (SSSR count). The van der Waals surface area contributed by atoms with Crippen LogP contribution in [-0.4, -0.2) is 5.78 Å². The van der Waals surface area contributed by atoms with Gasteiger partial charge in [0, 0.05) is 12.8 Å². The Labute approximate surface area is 128 Å². The molecule has 21 heavy (non-hydrogen) atoms. The average molecular weight is 282 g/mol. The number of aryl methyl sites for hydroxylation is 1. The molecule has 4 atom stereocenters. The third-order valence-electron chi connectivity index (χ3n) is 6.34. The summed E-state index contributed by atoms with van der Waals surface area (Å²) in [4.78, 5) is 12.6. The first-order valence-electron chi connectivity index (χ1n) is 8.89. The van der Waals surface area contributed by atoms with Crippen molar-refractivity contribution in [3.63, 3.8) is 0 Å². The maximum Gasteiger partial charge on any atom is 0.133 e. The molecule has 0 saturated heterocycles. The minimum atomic E-state index is 0.501. The maximum atomic E-state index is 12.6. The molecule has 3 aliphatic carbocycles. The monoisotopic (exact) mass is 282 g/mol. The third kappa shape index (κ3) is 2.67. The average Bonchev–Trinajstić information content (AvgIpc) is 3.10. The zero-order valence-corrected chi connectivity index (χ0v) is 12.9. The van der Waals surface area contributed by atoms with Crippen LogP contribution in [0.3, 0.4) is 0 Å². The summed E-state index contributed by atoms with van der Waals surface area (Å²) in [5.41, 5.74) is 2.95. The van der Waals surface area contributed by atoms with E-state index in [2.05, 4.69) is 24.3 Å². The van der Waals surface area contributed by atoms with E-state index in [9.17, 15) is 4.79 Å². The van der Waals surface area contributed by atoms with Gasteiger partial charge < -0.3 is 0 Å². The van der Waals surface area contributed by atoms with Crippen LogP contribution in [-0.2, 0) is 11.2 Å². The Morgan fingerprint density at radius 2 is 1.95 bits per heavy atom. The van der Waals surface area contributed by atoms with E-state index in [4.69, 9.17) is 0 Å². The molecule has 1 aromatic rings. The predicted octanol–water partition coefficient (Wildman–Crippen LogP) is 4.89. The summed E-state index contributed by atoms with van der Waals surface area (Å²) in [6.45, 7) is 0. The van der Waals surface area contributed by atoms with Gasteiger partial charge >= 0.3 is 0 Å². The summed E-state index contributed by atoms with van der Waals surface area (Å²) in [6.07, 6.45) is 10.9. The highest BCUT2D eigenvalue weighted by Crippen LogP contribution is 2.50. The second-order valence-electron chi connectivity index (χ2n) is 7.67. The molecule has 0 aliphatic heterocycles. The van der Waals surface area contributed by atoms with Gasteiger partial charge in [0.25, 0.3) is 0 Å². The summed E-state index contributed by atoms with van der Waals surface area (Å²) in [7, 11) is 0. The maximum absolute atomic E-state index is 12.6. The fraction of sp³-hybridized carbons (Fsp3) is 0.650. The molecular weight excluding hydrogens is 256 g/mol. The summed E-state index contributed by atoms with van der Waals surface area (Å²) < 4.78 is 0. The van der Waals surface area contributed by atoms with Crippen LogP contribution in [0.2, 0.25) is 0 Å². The SMILES string of the molecule is O=C(CC1CCCc2ccccc21)CC1CC2CCC1C2. The summed E-state index contributed by atoms with van der Waals surface area (Å²) in [5.74, 6) is 3.62. The lowest BCUT2D eigenvalue weighted by atomic mass is 9.78. The minimum Gasteiger partial charge on any atom is -0.300 e. The summed E-state index contributed by atoms with van der Waals surface area (Å²) in [5, 5.41) is 0. The number of ketones is 1. The predicted molar refractivity (Wildman–Crippen MR) is 85.3 cm³/mol. The van der Waals surface area contributed by atoms with Crippen LogP contribution >= 0.6 is 0 Å². The number of fused-ring (bicyclic) bond motifs is 3. The smallest absolute Gasteiger partial charge is 0.133 e. The molecule has 1 nitrogen and oxygen atoms in total. The standard InChI is InChI=1S/C20H26O/c21-19(13-18-11-14-8-9-16(18)10-14)12-17-6-3-5-15-4-1-2-7-20(15)17/h1-2,4,7,14,16-18H,3,5-6,8-13H2. The van der Waals surface area contributed by atoms with Gasteiger partial charge in [-0.2, -0.15) is 0 Å². The number of hydrogen-bond donors (Lipinski definition) is 0. The number of hydrogen-bond acceptors (Lipinski definition) is 1.